The number of aliphatic hydroxyl groups is 8. The van der Waals surface area contributed by atoms with Crippen molar-refractivity contribution < 1.29 is 64.6 Å². The average Bonchev–Trinajstić information content (AvgIpc) is 1.56. The summed E-state index contributed by atoms with van der Waals surface area (Å²) in [7, 11) is 0. The van der Waals surface area contributed by atoms with E-state index in [1.807, 2.05) is 0 Å². The number of rotatable bonds is 76. The highest BCUT2D eigenvalue weighted by atomic mass is 16.8. The van der Waals surface area contributed by atoms with Crippen LogP contribution in [-0.4, -0.2) is 128 Å². The number of carbonyl (C=O) groups excluding carboxylic acids is 1. The quantitative estimate of drug-likeness (QED) is 0.0210. The van der Waals surface area contributed by atoms with Gasteiger partial charge in [-0.05, 0) is 49.4 Å². The lowest BCUT2D eigenvalue weighted by molar-refractivity contribution is -0.376. The lowest BCUT2D eigenvalue weighted by Crippen LogP contribution is -2.63. The molecule has 0 aromatic carbocycles. The zero-order valence-electron chi connectivity index (χ0n) is 67.6. The molecule has 4 aliphatic rings. The maximum absolute atomic E-state index is 13.9. The molecule has 103 heavy (non-hydrogen) atoms. The van der Waals surface area contributed by atoms with Gasteiger partial charge >= 0.3 is 5.97 Å². The van der Waals surface area contributed by atoms with Crippen molar-refractivity contribution in [3.05, 3.63) is 0 Å². The summed E-state index contributed by atoms with van der Waals surface area (Å²) in [6.07, 6.45) is 75.4. The first-order valence-corrected chi connectivity index (χ1v) is 46.0. The molecule has 8 N–H and O–H groups in total. The predicted molar refractivity (Wildman–Crippen MR) is 426 cm³/mol. The smallest absolute Gasteiger partial charge is 0.311 e. The van der Waals surface area contributed by atoms with Crippen LogP contribution in [0.3, 0.4) is 0 Å². The second-order valence-corrected chi connectivity index (χ2v) is 34.3. The topological polar surface area (TPSA) is 216 Å². The van der Waals surface area contributed by atoms with Crippen molar-refractivity contribution in [2.45, 2.75) is 524 Å². The maximum Gasteiger partial charge on any atom is 0.311 e. The number of ether oxygens (including phenoxy) is 4. The normalized spacial score (nSPS) is 25.4. The summed E-state index contributed by atoms with van der Waals surface area (Å²) in [5.74, 6) is 2.78. The SMILES string of the molecule is CCCCCCCCCCCCCCCCCCCCCCCC[C@@H](C(=O)OC[C@H]1O[C@H](O[C@H]2O[C@H](CO)[C@@H](O)[C@H](O)[C@H]2O)[C@H](O)[C@@H](O)[C@@H]1O)[C@H](O)CCCCCCCCCCCC1CC1CCCCCCCCCCCCCCC1CC1CCCCCCCCCCCCCCCCCCCC. The minimum Gasteiger partial charge on any atom is -0.463 e. The Balaban J connectivity index is 0.941. The molecule has 13 heteroatoms. The van der Waals surface area contributed by atoms with Crippen LogP contribution >= 0.6 is 0 Å². The lowest BCUT2D eigenvalue weighted by atomic mass is 9.91. The molecule has 2 saturated heterocycles. The standard InChI is InChI=1S/C90H172O13/c1-3-5-7-9-11-13-15-17-19-21-23-24-25-26-28-30-32-38-44-50-56-62-68-78(88(99)100-73-81-83(94)85(96)87(98)90(102-81)103-89-86(97)84(95)82(93)80(72-91)101-89)79(92)69-63-57-51-45-39-43-49-55-61-67-77-71-76(77)66-60-54-48-42-37-34-33-36-41-47-53-59-65-75-70-74(75)64-58-52-46-40-35-31-29-27-22-20-18-16-14-12-10-8-6-4-2/h74-87,89-98H,3-73H2,1-2H3/t74?,75?,76?,77?,78-,79-,80-,81-,82-,83-,84+,85+,86-,87-,89-,90-/m1/s1. The monoisotopic (exact) mass is 1460 g/mol. The summed E-state index contributed by atoms with van der Waals surface area (Å²) in [6, 6.07) is 0. The van der Waals surface area contributed by atoms with E-state index in [1.54, 1.807) is 6.42 Å². The van der Waals surface area contributed by atoms with Gasteiger partial charge in [0.05, 0.1) is 18.6 Å². The first-order valence-electron chi connectivity index (χ1n) is 46.0. The van der Waals surface area contributed by atoms with Gasteiger partial charge in [-0.2, -0.15) is 0 Å². The van der Waals surface area contributed by atoms with Crippen LogP contribution in [0.1, 0.15) is 457 Å². The predicted octanol–water partition coefficient (Wildman–Crippen LogP) is 22.6. The molecule has 0 aromatic rings. The number of aliphatic hydroxyl groups excluding tert-OH is 8. The number of hydrogen-bond donors (Lipinski definition) is 8. The third kappa shape index (κ3) is 47.1. The van der Waals surface area contributed by atoms with E-state index in [9.17, 15) is 45.6 Å². The zero-order chi connectivity index (χ0) is 73.8. The van der Waals surface area contributed by atoms with E-state index in [2.05, 4.69) is 13.8 Å². The zero-order valence-corrected chi connectivity index (χ0v) is 67.6. The van der Waals surface area contributed by atoms with E-state index in [4.69, 9.17) is 18.9 Å². The van der Waals surface area contributed by atoms with Crippen molar-refractivity contribution in [1.82, 2.24) is 0 Å². The van der Waals surface area contributed by atoms with Gasteiger partial charge in [0.1, 0.15) is 55.4 Å². The Bertz CT molecular complexity index is 1860. The molecule has 4 rings (SSSR count). The summed E-state index contributed by atoms with van der Waals surface area (Å²) in [6.45, 7) is 3.38. The summed E-state index contributed by atoms with van der Waals surface area (Å²) in [5.41, 5.74) is 0. The van der Waals surface area contributed by atoms with E-state index in [0.717, 1.165) is 68.6 Å². The van der Waals surface area contributed by atoms with E-state index < -0.39 is 92.6 Å². The van der Waals surface area contributed by atoms with E-state index in [0.29, 0.717) is 12.8 Å². The van der Waals surface area contributed by atoms with Crippen molar-refractivity contribution in [3.8, 4) is 0 Å². The molecule has 0 amide bonds. The highest BCUT2D eigenvalue weighted by molar-refractivity contribution is 5.73. The van der Waals surface area contributed by atoms with Crippen LogP contribution < -0.4 is 0 Å². The third-order valence-electron chi connectivity index (χ3n) is 24.9. The Morgan fingerprint density at radius 1 is 0.311 bits per heavy atom. The van der Waals surface area contributed by atoms with Crippen LogP contribution in [0, 0.1) is 29.6 Å². The molecule has 13 nitrogen and oxygen atoms in total. The molecule has 0 spiro atoms. The fraction of sp³-hybridized carbons (Fsp3) is 0.989. The molecule has 2 heterocycles. The third-order valence-corrected chi connectivity index (χ3v) is 24.9. The van der Waals surface area contributed by atoms with Crippen LogP contribution in [0.25, 0.3) is 0 Å². The van der Waals surface area contributed by atoms with Gasteiger partial charge in [-0.15, -0.1) is 0 Å². The summed E-state index contributed by atoms with van der Waals surface area (Å²) in [4.78, 5) is 13.9. The van der Waals surface area contributed by atoms with Gasteiger partial charge in [0.2, 0.25) is 0 Å². The van der Waals surface area contributed by atoms with Gasteiger partial charge in [0, 0.05) is 0 Å². The van der Waals surface area contributed by atoms with Crippen molar-refractivity contribution in [1.29, 1.82) is 0 Å². The average molecular weight is 1460 g/mol. The molecule has 2 aliphatic heterocycles. The Labute approximate surface area is 634 Å². The fourth-order valence-electron chi connectivity index (χ4n) is 17.3. The van der Waals surface area contributed by atoms with Crippen molar-refractivity contribution in [2.24, 2.45) is 29.6 Å². The fourth-order valence-corrected chi connectivity index (χ4v) is 17.3. The number of hydrogen-bond acceptors (Lipinski definition) is 13. The molecular weight excluding hydrogens is 1290 g/mol. The number of esters is 1. The highest BCUT2D eigenvalue weighted by Gasteiger charge is 2.50. The van der Waals surface area contributed by atoms with E-state index >= 15 is 0 Å². The highest BCUT2D eigenvalue weighted by Crippen LogP contribution is 2.47. The molecule has 0 bridgehead atoms. The first kappa shape index (κ1) is 94.4. The maximum atomic E-state index is 13.9. The van der Waals surface area contributed by atoms with Crippen molar-refractivity contribution >= 4 is 5.97 Å². The van der Waals surface area contributed by atoms with Crippen LogP contribution in [0.15, 0.2) is 0 Å². The second-order valence-electron chi connectivity index (χ2n) is 34.3. The first-order chi connectivity index (χ1) is 50.5. The Hall–Kier alpha value is -0.970. The van der Waals surface area contributed by atoms with Crippen molar-refractivity contribution in [2.75, 3.05) is 13.2 Å². The molecule has 610 valence electrons. The van der Waals surface area contributed by atoms with Gasteiger partial charge in [-0.3, -0.25) is 4.79 Å². The van der Waals surface area contributed by atoms with Gasteiger partial charge in [-0.25, -0.2) is 0 Å². The van der Waals surface area contributed by atoms with Gasteiger partial charge in [0.15, 0.2) is 12.6 Å². The molecule has 4 unspecified atom stereocenters. The largest absolute Gasteiger partial charge is 0.463 e. The molecular formula is C90H172O13. The Kier molecular flexibility index (Phi) is 59.3. The molecule has 2 aliphatic carbocycles. The van der Waals surface area contributed by atoms with E-state index in [-0.39, 0.29) is 0 Å². The molecule has 4 fully saturated rings. The van der Waals surface area contributed by atoms with Crippen LogP contribution in [0.2, 0.25) is 0 Å². The summed E-state index contributed by atoms with van der Waals surface area (Å²) < 4.78 is 22.5. The Morgan fingerprint density at radius 2 is 0.544 bits per heavy atom. The molecule has 0 radical (unpaired) electrons. The Morgan fingerprint density at radius 3 is 0.816 bits per heavy atom. The summed E-state index contributed by atoms with van der Waals surface area (Å²) in [5, 5.41) is 84.6. The minimum atomic E-state index is -1.82. The van der Waals surface area contributed by atoms with E-state index in [1.165, 1.54) is 379 Å². The van der Waals surface area contributed by atoms with Crippen molar-refractivity contribution in [3.63, 3.8) is 0 Å². The molecule has 16 atom stereocenters. The van der Waals surface area contributed by atoms with Gasteiger partial charge in [0.25, 0.3) is 0 Å². The number of unbranched alkanes of at least 4 members (excludes halogenated alkanes) is 57. The molecule has 2 saturated carbocycles. The van der Waals surface area contributed by atoms with Gasteiger partial charge < -0.3 is 59.8 Å². The summed E-state index contributed by atoms with van der Waals surface area (Å²) >= 11 is 0. The number of carbonyl (C=O) groups is 1. The minimum absolute atomic E-state index is 0.457. The van der Waals surface area contributed by atoms with Crippen LogP contribution in [0.5, 0.6) is 0 Å². The second kappa shape index (κ2) is 64.7. The van der Waals surface area contributed by atoms with Gasteiger partial charge in [-0.1, -0.05) is 431 Å². The lowest BCUT2D eigenvalue weighted by Gasteiger charge is -2.44. The molecule has 0 aromatic heterocycles. The van der Waals surface area contributed by atoms with Crippen LogP contribution in [0.4, 0.5) is 0 Å². The van der Waals surface area contributed by atoms with Crippen LogP contribution in [-0.2, 0) is 23.7 Å².